The molecule has 0 radical (unpaired) electrons. The Bertz CT molecular complexity index is 1320. The summed E-state index contributed by atoms with van der Waals surface area (Å²) in [5.41, 5.74) is 7.84. The zero-order chi connectivity index (χ0) is 22.3. The minimum absolute atomic E-state index is 0.376. The Hall–Kier alpha value is -3.17. The van der Waals surface area contributed by atoms with E-state index in [0.717, 1.165) is 50.0 Å². The van der Waals surface area contributed by atoms with Crippen molar-refractivity contribution >= 4 is 28.5 Å². The highest BCUT2D eigenvalue weighted by Crippen LogP contribution is 2.33. The van der Waals surface area contributed by atoms with E-state index in [9.17, 15) is 4.79 Å². The van der Waals surface area contributed by atoms with Gasteiger partial charge in [-0.2, -0.15) is 0 Å². The lowest BCUT2D eigenvalue weighted by molar-refractivity contribution is 0.0735. The highest BCUT2D eigenvalue weighted by molar-refractivity contribution is 6.30. The van der Waals surface area contributed by atoms with E-state index >= 15 is 0 Å². The van der Waals surface area contributed by atoms with Gasteiger partial charge >= 0.3 is 5.97 Å². The van der Waals surface area contributed by atoms with Crippen LogP contribution in [0.2, 0.25) is 5.02 Å². The third-order valence-corrected chi connectivity index (χ3v) is 5.79. The predicted octanol–water partition coefficient (Wildman–Crippen LogP) is 7.32. The van der Waals surface area contributed by atoms with E-state index in [1.54, 1.807) is 0 Å². The molecule has 0 aliphatic heterocycles. The molecule has 0 saturated carbocycles. The molecule has 0 bridgehead atoms. The fourth-order valence-electron chi connectivity index (χ4n) is 3.94. The van der Waals surface area contributed by atoms with E-state index < -0.39 is 0 Å². The molecule has 0 aliphatic carbocycles. The maximum atomic E-state index is 13.5. The molecule has 4 aromatic rings. The molecule has 4 heteroatoms. The lowest BCUT2D eigenvalue weighted by Crippen LogP contribution is -2.14. The van der Waals surface area contributed by atoms with Gasteiger partial charge in [0.2, 0.25) is 0 Å². The van der Waals surface area contributed by atoms with Crippen molar-refractivity contribution in [2.45, 2.75) is 34.6 Å². The number of carbonyl (C=O) groups is 1. The lowest BCUT2D eigenvalue weighted by atomic mass is 9.95. The largest absolute Gasteiger partial charge is 0.423 e. The van der Waals surface area contributed by atoms with Crippen LogP contribution in [0, 0.1) is 34.6 Å². The van der Waals surface area contributed by atoms with Crippen molar-refractivity contribution in [1.29, 1.82) is 0 Å². The van der Waals surface area contributed by atoms with Crippen LogP contribution in [-0.2, 0) is 0 Å². The number of benzene rings is 3. The van der Waals surface area contributed by atoms with E-state index in [4.69, 9.17) is 21.3 Å². The van der Waals surface area contributed by atoms with Crippen molar-refractivity contribution in [2.24, 2.45) is 0 Å². The molecule has 1 heterocycles. The average molecular weight is 430 g/mol. The van der Waals surface area contributed by atoms with Crippen molar-refractivity contribution < 1.29 is 9.53 Å². The van der Waals surface area contributed by atoms with Crippen molar-refractivity contribution in [3.8, 4) is 17.0 Å². The van der Waals surface area contributed by atoms with Gasteiger partial charge in [-0.3, -0.25) is 0 Å². The topological polar surface area (TPSA) is 39.2 Å². The molecule has 31 heavy (non-hydrogen) atoms. The summed E-state index contributed by atoms with van der Waals surface area (Å²) in [4.78, 5) is 18.4. The molecule has 156 valence electrons. The molecule has 0 saturated heterocycles. The molecular weight excluding hydrogens is 406 g/mol. The number of hydrogen-bond donors (Lipinski definition) is 0. The van der Waals surface area contributed by atoms with Crippen LogP contribution in [0.5, 0.6) is 5.75 Å². The fraction of sp³-hybridized carbons (Fsp3) is 0.185. The summed E-state index contributed by atoms with van der Waals surface area (Å²) in [6.07, 6.45) is 0. The SMILES string of the molecule is Cc1ccc(C)c(OC(=O)c2c(C)c(-c3ccc(Cl)cc3)nc3c(C)cc(C)cc23)c1. The summed E-state index contributed by atoms with van der Waals surface area (Å²) in [5, 5.41) is 1.46. The van der Waals surface area contributed by atoms with Gasteiger partial charge in [-0.05, 0) is 81.1 Å². The normalized spacial score (nSPS) is 11.0. The number of esters is 1. The highest BCUT2D eigenvalue weighted by Gasteiger charge is 2.22. The van der Waals surface area contributed by atoms with Crippen LogP contribution in [0.4, 0.5) is 0 Å². The fourth-order valence-corrected chi connectivity index (χ4v) is 4.06. The number of halogens is 1. The van der Waals surface area contributed by atoms with Gasteiger partial charge in [0.25, 0.3) is 0 Å². The Labute approximate surface area is 187 Å². The predicted molar refractivity (Wildman–Crippen MR) is 127 cm³/mol. The van der Waals surface area contributed by atoms with Gasteiger partial charge in [0.15, 0.2) is 0 Å². The van der Waals surface area contributed by atoms with Gasteiger partial charge in [0, 0.05) is 16.0 Å². The minimum atomic E-state index is -0.376. The van der Waals surface area contributed by atoms with Crippen LogP contribution in [0.15, 0.2) is 54.6 Å². The number of aromatic nitrogens is 1. The number of rotatable bonds is 3. The number of pyridine rings is 1. The summed E-state index contributed by atoms with van der Waals surface area (Å²) < 4.78 is 5.90. The Morgan fingerprint density at radius 3 is 2.26 bits per heavy atom. The Morgan fingerprint density at radius 2 is 1.55 bits per heavy atom. The third kappa shape index (κ3) is 4.06. The quantitative estimate of drug-likeness (QED) is 0.253. The van der Waals surface area contributed by atoms with Gasteiger partial charge in [-0.15, -0.1) is 0 Å². The van der Waals surface area contributed by atoms with Crippen molar-refractivity contribution in [1.82, 2.24) is 4.98 Å². The van der Waals surface area contributed by atoms with Crippen molar-refractivity contribution in [3.05, 3.63) is 93.0 Å². The number of ether oxygens (including phenoxy) is 1. The summed E-state index contributed by atoms with van der Waals surface area (Å²) in [6, 6.07) is 17.5. The van der Waals surface area contributed by atoms with Crippen molar-refractivity contribution in [2.75, 3.05) is 0 Å². The molecular formula is C27H24ClNO2. The Balaban J connectivity index is 1.95. The molecule has 0 fully saturated rings. The number of hydrogen-bond acceptors (Lipinski definition) is 3. The first-order valence-corrected chi connectivity index (χ1v) is 10.6. The molecule has 3 nitrogen and oxygen atoms in total. The zero-order valence-electron chi connectivity index (χ0n) is 18.3. The number of carbonyl (C=O) groups excluding carboxylic acids is 1. The van der Waals surface area contributed by atoms with Gasteiger partial charge in [0.05, 0.1) is 16.8 Å². The van der Waals surface area contributed by atoms with Gasteiger partial charge < -0.3 is 4.74 Å². The van der Waals surface area contributed by atoms with Gasteiger partial charge in [0.1, 0.15) is 5.75 Å². The molecule has 1 aromatic heterocycles. The maximum absolute atomic E-state index is 13.5. The number of fused-ring (bicyclic) bond motifs is 1. The van der Waals surface area contributed by atoms with Crippen LogP contribution < -0.4 is 4.74 Å². The summed E-state index contributed by atoms with van der Waals surface area (Å²) in [7, 11) is 0. The molecule has 0 N–H and O–H groups in total. The molecule has 0 aliphatic rings. The number of nitrogens with zero attached hydrogens (tertiary/aromatic N) is 1. The zero-order valence-corrected chi connectivity index (χ0v) is 19.1. The second-order valence-corrected chi connectivity index (χ2v) is 8.54. The second kappa shape index (κ2) is 8.16. The van der Waals surface area contributed by atoms with Gasteiger partial charge in [-0.1, -0.05) is 47.5 Å². The average Bonchev–Trinajstić information content (AvgIpc) is 2.71. The van der Waals surface area contributed by atoms with Gasteiger partial charge in [-0.25, -0.2) is 9.78 Å². The highest BCUT2D eigenvalue weighted by atomic mass is 35.5. The van der Waals surface area contributed by atoms with Crippen LogP contribution in [0.1, 0.15) is 38.2 Å². The van der Waals surface area contributed by atoms with Crippen LogP contribution in [0.3, 0.4) is 0 Å². The van der Waals surface area contributed by atoms with E-state index in [1.165, 1.54) is 0 Å². The summed E-state index contributed by atoms with van der Waals surface area (Å²) in [6.45, 7) is 9.88. The van der Waals surface area contributed by atoms with Crippen LogP contribution >= 0.6 is 11.6 Å². The number of aryl methyl sites for hydroxylation is 4. The standard InChI is InChI=1S/C27H24ClNO2/c1-15-6-7-17(3)23(14-15)31-27(30)24-19(5)26(20-8-10-21(28)11-9-20)29-25-18(4)12-16(2)13-22(24)25/h6-14H,1-5H3. The first kappa shape index (κ1) is 21.1. The molecule has 0 unspecified atom stereocenters. The van der Waals surface area contributed by atoms with Crippen LogP contribution in [0.25, 0.3) is 22.2 Å². The first-order chi connectivity index (χ1) is 14.7. The Kier molecular flexibility index (Phi) is 5.55. The molecule has 0 atom stereocenters. The summed E-state index contributed by atoms with van der Waals surface area (Å²) in [5.74, 6) is 0.200. The van der Waals surface area contributed by atoms with E-state index in [0.29, 0.717) is 16.3 Å². The summed E-state index contributed by atoms with van der Waals surface area (Å²) >= 11 is 6.08. The smallest absolute Gasteiger partial charge is 0.344 e. The Morgan fingerprint density at radius 1 is 0.839 bits per heavy atom. The van der Waals surface area contributed by atoms with E-state index in [-0.39, 0.29) is 5.97 Å². The minimum Gasteiger partial charge on any atom is -0.423 e. The molecule has 4 rings (SSSR count). The molecule has 3 aromatic carbocycles. The van der Waals surface area contributed by atoms with Crippen molar-refractivity contribution in [3.63, 3.8) is 0 Å². The monoisotopic (exact) mass is 429 g/mol. The van der Waals surface area contributed by atoms with Crippen LogP contribution in [-0.4, -0.2) is 11.0 Å². The molecule has 0 amide bonds. The molecule has 0 spiro atoms. The second-order valence-electron chi connectivity index (χ2n) is 8.10. The maximum Gasteiger partial charge on any atom is 0.344 e. The lowest BCUT2D eigenvalue weighted by Gasteiger charge is -2.17. The third-order valence-electron chi connectivity index (χ3n) is 5.54. The van der Waals surface area contributed by atoms with E-state index in [2.05, 4.69) is 6.07 Å². The first-order valence-electron chi connectivity index (χ1n) is 10.2. The van der Waals surface area contributed by atoms with E-state index in [1.807, 2.05) is 83.1 Å².